The van der Waals surface area contributed by atoms with Crippen molar-refractivity contribution in [1.29, 1.82) is 0 Å². The van der Waals surface area contributed by atoms with Gasteiger partial charge in [0.05, 0.1) is 0 Å². The molecular formula is C19H28N2O3. The summed E-state index contributed by atoms with van der Waals surface area (Å²) in [4.78, 5) is 36.0. The molecule has 1 aromatic rings. The van der Waals surface area contributed by atoms with Crippen LogP contribution < -0.4 is 10.6 Å². The van der Waals surface area contributed by atoms with E-state index in [1.54, 1.807) is 45.0 Å². The Labute approximate surface area is 144 Å². The molecule has 0 heterocycles. The number of rotatable bonds is 8. The second kappa shape index (κ2) is 8.62. The fourth-order valence-electron chi connectivity index (χ4n) is 2.14. The lowest BCUT2D eigenvalue weighted by atomic mass is 9.87. The zero-order chi connectivity index (χ0) is 18.3. The maximum atomic E-state index is 12.6. The van der Waals surface area contributed by atoms with Crippen molar-refractivity contribution in [2.24, 2.45) is 11.3 Å². The molecule has 0 spiro atoms. The maximum absolute atomic E-state index is 12.6. The van der Waals surface area contributed by atoms with E-state index in [1.807, 2.05) is 19.9 Å². The molecular weight excluding hydrogens is 304 g/mol. The highest BCUT2D eigenvalue weighted by molar-refractivity contribution is 5.97. The van der Waals surface area contributed by atoms with Crippen molar-refractivity contribution in [2.75, 3.05) is 0 Å². The highest BCUT2D eigenvalue weighted by atomic mass is 16.2. The Bertz CT molecular complexity index is 567. The zero-order valence-electron chi connectivity index (χ0n) is 15.1. The Hall–Kier alpha value is -2.17. The van der Waals surface area contributed by atoms with Crippen molar-refractivity contribution in [3.63, 3.8) is 0 Å². The summed E-state index contributed by atoms with van der Waals surface area (Å²) < 4.78 is 0. The van der Waals surface area contributed by atoms with Crippen LogP contribution in [-0.2, 0) is 9.59 Å². The molecule has 2 atom stereocenters. The Morgan fingerprint density at radius 1 is 1.08 bits per heavy atom. The molecule has 0 unspecified atom stereocenters. The van der Waals surface area contributed by atoms with Crippen LogP contribution in [0.25, 0.3) is 0 Å². The predicted molar refractivity (Wildman–Crippen MR) is 94.6 cm³/mol. The minimum Gasteiger partial charge on any atom is -0.351 e. The van der Waals surface area contributed by atoms with Crippen LogP contribution in [0, 0.1) is 11.3 Å². The van der Waals surface area contributed by atoms with E-state index in [-0.39, 0.29) is 23.8 Å². The highest BCUT2D eigenvalue weighted by Gasteiger charge is 2.30. The molecule has 5 heteroatoms. The molecule has 0 saturated carbocycles. The van der Waals surface area contributed by atoms with Crippen LogP contribution in [0.3, 0.4) is 0 Å². The summed E-state index contributed by atoms with van der Waals surface area (Å²) in [5.41, 5.74) is -0.151. The molecule has 5 nitrogen and oxygen atoms in total. The van der Waals surface area contributed by atoms with E-state index in [9.17, 15) is 14.4 Å². The average molecular weight is 332 g/mol. The summed E-state index contributed by atoms with van der Waals surface area (Å²) >= 11 is 0. The first-order valence-electron chi connectivity index (χ1n) is 8.30. The van der Waals surface area contributed by atoms with Gasteiger partial charge in [0.1, 0.15) is 12.3 Å². The Balaban J connectivity index is 2.83. The van der Waals surface area contributed by atoms with Crippen molar-refractivity contribution in [1.82, 2.24) is 10.6 Å². The van der Waals surface area contributed by atoms with Gasteiger partial charge in [0.2, 0.25) is 5.91 Å². The number of hydrogen-bond donors (Lipinski definition) is 2. The summed E-state index contributed by atoms with van der Waals surface area (Å²) in [6.07, 6.45) is 1.36. The maximum Gasteiger partial charge on any atom is 0.251 e. The molecule has 0 aromatic heterocycles. The van der Waals surface area contributed by atoms with Crippen molar-refractivity contribution in [3.8, 4) is 0 Å². The Morgan fingerprint density at radius 3 is 2.17 bits per heavy atom. The largest absolute Gasteiger partial charge is 0.351 e. The summed E-state index contributed by atoms with van der Waals surface area (Å²) in [5, 5.41) is 5.65. The van der Waals surface area contributed by atoms with Gasteiger partial charge < -0.3 is 15.4 Å². The standard InChI is InChI=1S/C19H28N2O3/c1-13(2)11-16(18(24)20-14(3)19(4,5)12-22)21-17(23)15-9-7-6-8-10-15/h6-10,12-14,16H,11H2,1-5H3,(H,20,24)(H,21,23)/t14-,16+/m1/s1. The van der Waals surface area contributed by atoms with Gasteiger partial charge in [-0.25, -0.2) is 0 Å². The van der Waals surface area contributed by atoms with Gasteiger partial charge in [-0.3, -0.25) is 9.59 Å². The van der Waals surface area contributed by atoms with Crippen molar-refractivity contribution < 1.29 is 14.4 Å². The van der Waals surface area contributed by atoms with Gasteiger partial charge in [-0.1, -0.05) is 45.9 Å². The van der Waals surface area contributed by atoms with Crippen molar-refractivity contribution in [2.45, 2.75) is 53.1 Å². The molecule has 0 aliphatic carbocycles. The molecule has 0 fully saturated rings. The topological polar surface area (TPSA) is 75.3 Å². The van der Waals surface area contributed by atoms with Gasteiger partial charge in [-0.05, 0) is 31.4 Å². The van der Waals surface area contributed by atoms with Crippen LogP contribution >= 0.6 is 0 Å². The van der Waals surface area contributed by atoms with E-state index >= 15 is 0 Å². The van der Waals surface area contributed by atoms with E-state index in [0.717, 1.165) is 6.29 Å². The monoisotopic (exact) mass is 332 g/mol. The molecule has 0 radical (unpaired) electrons. The second-order valence-electron chi connectivity index (χ2n) is 7.19. The third-order valence-corrected chi connectivity index (χ3v) is 4.14. The molecule has 2 amide bonds. The molecule has 132 valence electrons. The number of aldehydes is 1. The minimum atomic E-state index is -0.665. The summed E-state index contributed by atoms with van der Waals surface area (Å²) in [5.74, 6) is -0.305. The van der Waals surface area contributed by atoms with Crippen LogP contribution in [0.15, 0.2) is 30.3 Å². The summed E-state index contributed by atoms with van der Waals surface area (Å²) in [6.45, 7) is 9.31. The van der Waals surface area contributed by atoms with Gasteiger partial charge >= 0.3 is 0 Å². The summed E-state index contributed by atoms with van der Waals surface area (Å²) in [7, 11) is 0. The Kier molecular flexibility index (Phi) is 7.14. The first kappa shape index (κ1) is 19.9. The van der Waals surface area contributed by atoms with Gasteiger partial charge in [0.25, 0.3) is 5.91 Å². The molecule has 24 heavy (non-hydrogen) atoms. The molecule has 0 bridgehead atoms. The molecule has 0 aliphatic rings. The van der Waals surface area contributed by atoms with Crippen LogP contribution in [0.1, 0.15) is 51.4 Å². The summed E-state index contributed by atoms with van der Waals surface area (Å²) in [6, 6.07) is 7.84. The van der Waals surface area contributed by atoms with Gasteiger partial charge in [0.15, 0.2) is 0 Å². The molecule has 0 saturated heterocycles. The quantitative estimate of drug-likeness (QED) is 0.718. The van der Waals surface area contributed by atoms with E-state index in [0.29, 0.717) is 12.0 Å². The van der Waals surface area contributed by atoms with Gasteiger partial charge in [0, 0.05) is 17.0 Å². The number of hydrogen-bond acceptors (Lipinski definition) is 3. The van der Waals surface area contributed by atoms with Gasteiger partial charge in [-0.15, -0.1) is 0 Å². The van der Waals surface area contributed by atoms with Crippen LogP contribution in [0.5, 0.6) is 0 Å². The zero-order valence-corrected chi connectivity index (χ0v) is 15.1. The number of benzene rings is 1. The smallest absolute Gasteiger partial charge is 0.251 e. The lowest BCUT2D eigenvalue weighted by Crippen LogP contribution is -2.53. The third kappa shape index (κ3) is 5.80. The number of nitrogens with one attached hydrogen (secondary N) is 2. The number of carbonyl (C=O) groups excluding carboxylic acids is 3. The van der Waals surface area contributed by atoms with E-state index in [2.05, 4.69) is 10.6 Å². The molecule has 2 N–H and O–H groups in total. The first-order valence-corrected chi connectivity index (χ1v) is 8.30. The molecule has 1 aromatic carbocycles. The molecule has 0 aliphatic heterocycles. The third-order valence-electron chi connectivity index (χ3n) is 4.14. The van der Waals surface area contributed by atoms with Crippen molar-refractivity contribution in [3.05, 3.63) is 35.9 Å². The first-order chi connectivity index (χ1) is 11.2. The average Bonchev–Trinajstić information content (AvgIpc) is 2.54. The lowest BCUT2D eigenvalue weighted by molar-refractivity contribution is -0.125. The highest BCUT2D eigenvalue weighted by Crippen LogP contribution is 2.17. The number of carbonyl (C=O) groups is 3. The van der Waals surface area contributed by atoms with Crippen molar-refractivity contribution >= 4 is 18.1 Å². The fraction of sp³-hybridized carbons (Fsp3) is 0.526. The van der Waals surface area contributed by atoms with E-state index in [1.165, 1.54) is 0 Å². The Morgan fingerprint density at radius 2 is 1.67 bits per heavy atom. The van der Waals surface area contributed by atoms with Crippen LogP contribution in [0.4, 0.5) is 0 Å². The van der Waals surface area contributed by atoms with Gasteiger partial charge in [-0.2, -0.15) is 0 Å². The number of amides is 2. The SMILES string of the molecule is CC(C)C[C@H](NC(=O)c1ccccc1)C(=O)N[C@H](C)C(C)(C)C=O. The van der Waals surface area contributed by atoms with E-state index in [4.69, 9.17) is 0 Å². The van der Waals surface area contributed by atoms with Crippen LogP contribution in [0.2, 0.25) is 0 Å². The predicted octanol–water partition coefficient (Wildman–Crippen LogP) is 2.56. The minimum absolute atomic E-state index is 0.242. The second-order valence-corrected chi connectivity index (χ2v) is 7.19. The van der Waals surface area contributed by atoms with Crippen LogP contribution in [-0.4, -0.2) is 30.2 Å². The van der Waals surface area contributed by atoms with E-state index < -0.39 is 11.5 Å². The fourth-order valence-corrected chi connectivity index (χ4v) is 2.14. The lowest BCUT2D eigenvalue weighted by Gasteiger charge is -2.29. The normalized spacial score (nSPS) is 13.9. The molecule has 1 rings (SSSR count).